The minimum Gasteiger partial charge on any atom is -0.480 e. The number of unbranched alkanes of at least 4 members (excludes halogenated alkanes) is 1. The molecule has 2 aliphatic rings. The zero-order valence-electron chi connectivity index (χ0n) is 12.4. The van der Waals surface area contributed by atoms with E-state index in [1.54, 1.807) is 0 Å². The predicted molar refractivity (Wildman–Crippen MR) is 77.3 cm³/mol. The average Bonchev–Trinajstić information content (AvgIpc) is 3.27. The fourth-order valence-electron chi connectivity index (χ4n) is 3.29. The molecule has 0 heterocycles. The Bertz CT molecular complexity index is 344. The van der Waals surface area contributed by atoms with Crippen molar-refractivity contribution in [2.24, 2.45) is 17.8 Å². The Hall–Kier alpha value is -1.06. The van der Waals surface area contributed by atoms with E-state index in [9.17, 15) is 9.59 Å². The summed E-state index contributed by atoms with van der Waals surface area (Å²) in [6, 6.07) is -0.652. The van der Waals surface area contributed by atoms with Crippen molar-refractivity contribution in [3.63, 3.8) is 0 Å². The lowest BCUT2D eigenvalue weighted by Gasteiger charge is -2.28. The van der Waals surface area contributed by atoms with E-state index >= 15 is 0 Å². The van der Waals surface area contributed by atoms with Crippen molar-refractivity contribution in [3.8, 4) is 0 Å². The van der Waals surface area contributed by atoms with Crippen LogP contribution in [0.3, 0.4) is 0 Å². The molecule has 0 aromatic rings. The van der Waals surface area contributed by atoms with Gasteiger partial charge in [-0.3, -0.25) is 4.79 Å². The summed E-state index contributed by atoms with van der Waals surface area (Å²) in [7, 11) is 0. The number of carboxylic acids is 1. The normalized spacial score (nSPS) is 27.9. The monoisotopic (exact) mass is 281 g/mol. The van der Waals surface area contributed by atoms with E-state index in [0.717, 1.165) is 44.4 Å². The average molecular weight is 281 g/mol. The molecular formula is C16H27NO3. The molecule has 0 spiro atoms. The number of carbonyl (C=O) groups excluding carboxylic acids is 1. The summed E-state index contributed by atoms with van der Waals surface area (Å²) in [4.78, 5) is 23.3. The molecule has 114 valence electrons. The molecule has 4 nitrogen and oxygen atoms in total. The predicted octanol–water partition coefficient (Wildman–Crippen LogP) is 2.96. The van der Waals surface area contributed by atoms with Gasteiger partial charge in [-0.2, -0.15) is 0 Å². The molecule has 2 fully saturated rings. The van der Waals surface area contributed by atoms with Crippen LogP contribution in [0.4, 0.5) is 0 Å². The van der Waals surface area contributed by atoms with Crippen LogP contribution < -0.4 is 5.32 Å². The molecule has 1 atom stereocenters. The molecule has 0 aliphatic heterocycles. The number of aliphatic carboxylic acids is 1. The number of amides is 1. The molecule has 0 saturated heterocycles. The SMILES string of the molecule is CCCCC1CCC(C(=O)NC(C(=O)O)C2CC2)CC1. The molecule has 2 aliphatic carbocycles. The van der Waals surface area contributed by atoms with Crippen molar-refractivity contribution in [2.75, 3.05) is 0 Å². The van der Waals surface area contributed by atoms with Gasteiger partial charge < -0.3 is 10.4 Å². The first-order chi connectivity index (χ1) is 9.61. The third-order valence-electron chi connectivity index (χ3n) is 4.84. The summed E-state index contributed by atoms with van der Waals surface area (Å²) in [6.07, 6.45) is 9.77. The summed E-state index contributed by atoms with van der Waals surface area (Å²) < 4.78 is 0. The fraction of sp³-hybridized carbons (Fsp3) is 0.875. The zero-order valence-corrected chi connectivity index (χ0v) is 12.4. The Labute approximate surface area is 121 Å². The molecular weight excluding hydrogens is 254 g/mol. The Morgan fingerprint density at radius 1 is 1.15 bits per heavy atom. The standard InChI is InChI=1S/C16H27NO3/c1-2-3-4-11-5-7-13(8-6-11)15(18)17-14(16(19)20)12-9-10-12/h11-14H,2-10H2,1H3,(H,17,18)(H,19,20). The maximum Gasteiger partial charge on any atom is 0.326 e. The van der Waals surface area contributed by atoms with Crippen LogP contribution in [0.1, 0.15) is 64.7 Å². The van der Waals surface area contributed by atoms with Gasteiger partial charge in [0.05, 0.1) is 0 Å². The topological polar surface area (TPSA) is 66.4 Å². The second-order valence-corrected chi connectivity index (χ2v) is 6.52. The summed E-state index contributed by atoms with van der Waals surface area (Å²) in [5.41, 5.74) is 0. The van der Waals surface area contributed by atoms with Crippen molar-refractivity contribution in [1.82, 2.24) is 5.32 Å². The molecule has 2 N–H and O–H groups in total. The highest BCUT2D eigenvalue weighted by Gasteiger charge is 2.38. The van der Waals surface area contributed by atoms with Crippen molar-refractivity contribution in [2.45, 2.75) is 70.8 Å². The van der Waals surface area contributed by atoms with Gasteiger partial charge in [-0.05, 0) is 50.4 Å². The number of hydrogen-bond donors (Lipinski definition) is 2. The minimum atomic E-state index is -0.877. The Balaban J connectivity index is 1.75. The van der Waals surface area contributed by atoms with Crippen molar-refractivity contribution in [1.29, 1.82) is 0 Å². The van der Waals surface area contributed by atoms with Gasteiger partial charge in [-0.1, -0.05) is 26.2 Å². The summed E-state index contributed by atoms with van der Waals surface area (Å²) in [5, 5.41) is 11.9. The highest BCUT2D eigenvalue weighted by atomic mass is 16.4. The Morgan fingerprint density at radius 3 is 2.30 bits per heavy atom. The molecule has 0 bridgehead atoms. The molecule has 2 saturated carbocycles. The van der Waals surface area contributed by atoms with E-state index in [1.165, 1.54) is 19.3 Å². The molecule has 4 heteroatoms. The number of carbonyl (C=O) groups is 2. The molecule has 1 unspecified atom stereocenters. The highest BCUT2D eigenvalue weighted by Crippen LogP contribution is 2.35. The number of carboxylic acid groups (broad SMARTS) is 1. The van der Waals surface area contributed by atoms with Crippen LogP contribution in [-0.2, 0) is 9.59 Å². The van der Waals surface area contributed by atoms with E-state index in [2.05, 4.69) is 12.2 Å². The van der Waals surface area contributed by atoms with Crippen LogP contribution in [0.15, 0.2) is 0 Å². The van der Waals surface area contributed by atoms with Gasteiger partial charge in [0.25, 0.3) is 0 Å². The van der Waals surface area contributed by atoms with E-state index in [4.69, 9.17) is 5.11 Å². The van der Waals surface area contributed by atoms with Crippen molar-refractivity contribution in [3.05, 3.63) is 0 Å². The quantitative estimate of drug-likeness (QED) is 0.754. The molecule has 20 heavy (non-hydrogen) atoms. The van der Waals surface area contributed by atoms with Crippen LogP contribution in [-0.4, -0.2) is 23.0 Å². The lowest BCUT2D eigenvalue weighted by Crippen LogP contribution is -2.45. The minimum absolute atomic E-state index is 0.0294. The Kier molecular flexibility index (Phi) is 5.44. The van der Waals surface area contributed by atoms with E-state index in [0.29, 0.717) is 0 Å². The van der Waals surface area contributed by atoms with Crippen molar-refractivity contribution >= 4 is 11.9 Å². The third kappa shape index (κ3) is 4.22. The van der Waals surface area contributed by atoms with Crippen LogP contribution in [0.25, 0.3) is 0 Å². The highest BCUT2D eigenvalue weighted by molar-refractivity contribution is 5.85. The molecule has 0 aromatic heterocycles. The Morgan fingerprint density at radius 2 is 1.80 bits per heavy atom. The maximum absolute atomic E-state index is 12.2. The zero-order chi connectivity index (χ0) is 14.5. The van der Waals surface area contributed by atoms with Gasteiger partial charge in [-0.15, -0.1) is 0 Å². The number of hydrogen-bond acceptors (Lipinski definition) is 2. The van der Waals surface area contributed by atoms with Crippen LogP contribution in [0, 0.1) is 17.8 Å². The molecule has 1 amide bonds. The van der Waals surface area contributed by atoms with Gasteiger partial charge in [0.1, 0.15) is 6.04 Å². The molecule has 2 rings (SSSR count). The molecule has 0 aromatic carbocycles. The number of nitrogens with one attached hydrogen (secondary N) is 1. The summed E-state index contributed by atoms with van der Waals surface area (Å²) in [6.45, 7) is 2.21. The summed E-state index contributed by atoms with van der Waals surface area (Å²) in [5.74, 6) is 0.0687. The van der Waals surface area contributed by atoms with Crippen molar-refractivity contribution < 1.29 is 14.7 Å². The second-order valence-electron chi connectivity index (χ2n) is 6.52. The lowest BCUT2D eigenvalue weighted by atomic mass is 9.79. The first-order valence-corrected chi connectivity index (χ1v) is 8.15. The summed E-state index contributed by atoms with van der Waals surface area (Å²) >= 11 is 0. The van der Waals surface area contributed by atoms with Gasteiger partial charge in [0, 0.05) is 5.92 Å². The van der Waals surface area contributed by atoms with Gasteiger partial charge in [0.15, 0.2) is 0 Å². The van der Waals surface area contributed by atoms with E-state index in [1.807, 2.05) is 0 Å². The van der Waals surface area contributed by atoms with Crippen LogP contribution >= 0.6 is 0 Å². The first kappa shape index (κ1) is 15.3. The second kappa shape index (κ2) is 7.09. The van der Waals surface area contributed by atoms with Gasteiger partial charge in [0.2, 0.25) is 5.91 Å². The maximum atomic E-state index is 12.2. The van der Waals surface area contributed by atoms with E-state index < -0.39 is 12.0 Å². The van der Waals surface area contributed by atoms with Crippen LogP contribution in [0.2, 0.25) is 0 Å². The third-order valence-corrected chi connectivity index (χ3v) is 4.84. The lowest BCUT2D eigenvalue weighted by molar-refractivity contribution is -0.143. The van der Waals surface area contributed by atoms with E-state index in [-0.39, 0.29) is 17.7 Å². The van der Waals surface area contributed by atoms with Crippen LogP contribution in [0.5, 0.6) is 0 Å². The fourth-order valence-corrected chi connectivity index (χ4v) is 3.29. The van der Waals surface area contributed by atoms with Gasteiger partial charge >= 0.3 is 5.97 Å². The smallest absolute Gasteiger partial charge is 0.326 e. The first-order valence-electron chi connectivity index (χ1n) is 8.15. The number of rotatable bonds is 7. The van der Waals surface area contributed by atoms with Gasteiger partial charge in [-0.25, -0.2) is 4.79 Å². The molecule has 0 radical (unpaired) electrons. The largest absolute Gasteiger partial charge is 0.480 e.